The maximum atomic E-state index is 11.6. The van der Waals surface area contributed by atoms with Crippen molar-refractivity contribution in [3.63, 3.8) is 0 Å². The number of benzene rings is 1. The van der Waals surface area contributed by atoms with Gasteiger partial charge in [0.2, 0.25) is 0 Å². The van der Waals surface area contributed by atoms with E-state index in [2.05, 4.69) is 15.4 Å². The molecule has 0 fully saturated rings. The number of hydrogen-bond donors (Lipinski definition) is 1. The summed E-state index contributed by atoms with van der Waals surface area (Å²) >= 11 is 0. The highest BCUT2D eigenvalue weighted by molar-refractivity contribution is 5.73. The van der Waals surface area contributed by atoms with Crippen LogP contribution < -0.4 is 5.32 Å². The van der Waals surface area contributed by atoms with Gasteiger partial charge in [0, 0.05) is 14.1 Å². The van der Waals surface area contributed by atoms with Crippen LogP contribution in [0.25, 0.3) is 5.69 Å². The molecule has 0 saturated heterocycles. The largest absolute Gasteiger partial charge is 0.331 e. The fourth-order valence-corrected chi connectivity index (χ4v) is 1.85. The van der Waals surface area contributed by atoms with E-state index in [-0.39, 0.29) is 6.03 Å². The molecule has 1 aromatic heterocycles. The lowest BCUT2D eigenvalue weighted by Gasteiger charge is -2.12. The van der Waals surface area contributed by atoms with Crippen LogP contribution in [0.2, 0.25) is 0 Å². The minimum Gasteiger partial charge on any atom is -0.331 e. The van der Waals surface area contributed by atoms with Crippen LogP contribution in [0.15, 0.2) is 24.3 Å². The van der Waals surface area contributed by atoms with Gasteiger partial charge in [0.15, 0.2) is 5.82 Å². The zero-order valence-electron chi connectivity index (χ0n) is 12.2. The molecule has 1 N–H and O–H groups in total. The van der Waals surface area contributed by atoms with Crippen LogP contribution in [-0.2, 0) is 6.54 Å². The maximum Gasteiger partial charge on any atom is 0.317 e. The van der Waals surface area contributed by atoms with Crippen molar-refractivity contribution < 1.29 is 4.79 Å². The predicted octanol–water partition coefficient (Wildman–Crippen LogP) is 1.66. The van der Waals surface area contributed by atoms with Gasteiger partial charge in [0.05, 0.1) is 12.2 Å². The van der Waals surface area contributed by atoms with Gasteiger partial charge in [-0.2, -0.15) is 5.10 Å². The first-order valence-electron chi connectivity index (χ1n) is 6.42. The lowest BCUT2D eigenvalue weighted by molar-refractivity contribution is 0.216. The first kappa shape index (κ1) is 14.0. The summed E-state index contributed by atoms with van der Waals surface area (Å²) in [6.07, 6.45) is 0. The molecular weight excluding hydrogens is 254 g/mol. The summed E-state index contributed by atoms with van der Waals surface area (Å²) < 4.78 is 1.76. The van der Waals surface area contributed by atoms with Gasteiger partial charge < -0.3 is 10.2 Å². The molecule has 2 rings (SSSR count). The lowest BCUT2D eigenvalue weighted by atomic mass is 10.2. The fraction of sp³-hybridized carbons (Fsp3) is 0.357. The van der Waals surface area contributed by atoms with Gasteiger partial charge in [0.1, 0.15) is 5.82 Å². The summed E-state index contributed by atoms with van der Waals surface area (Å²) in [6, 6.07) is 7.86. The molecule has 106 valence electrons. The predicted molar refractivity (Wildman–Crippen MR) is 76.8 cm³/mol. The molecular formula is C14H19N5O. The van der Waals surface area contributed by atoms with Crippen LogP contribution in [0.4, 0.5) is 4.79 Å². The molecule has 6 heteroatoms. The zero-order chi connectivity index (χ0) is 14.7. The van der Waals surface area contributed by atoms with E-state index in [9.17, 15) is 4.79 Å². The number of hydrogen-bond acceptors (Lipinski definition) is 3. The minimum atomic E-state index is -0.151. The number of nitrogens with one attached hydrogen (secondary N) is 1. The van der Waals surface area contributed by atoms with Gasteiger partial charge in [-0.05, 0) is 31.5 Å². The first-order valence-corrected chi connectivity index (χ1v) is 6.42. The van der Waals surface area contributed by atoms with Gasteiger partial charge in [-0.3, -0.25) is 0 Å². The van der Waals surface area contributed by atoms with Crippen molar-refractivity contribution in [2.75, 3.05) is 14.1 Å². The van der Waals surface area contributed by atoms with E-state index in [0.29, 0.717) is 18.2 Å². The number of urea groups is 1. The SMILES string of the molecule is Cc1cccc(-n2nc(C)nc2CNC(=O)N(C)C)c1. The molecule has 0 saturated carbocycles. The Labute approximate surface area is 118 Å². The molecule has 2 amide bonds. The number of carbonyl (C=O) groups excluding carboxylic acids is 1. The average molecular weight is 273 g/mol. The van der Waals surface area contributed by atoms with Crippen molar-refractivity contribution in [1.29, 1.82) is 0 Å². The number of amides is 2. The number of carbonyl (C=O) groups is 1. The second-order valence-corrected chi connectivity index (χ2v) is 4.88. The Kier molecular flexibility index (Phi) is 4.02. The third kappa shape index (κ3) is 3.14. The van der Waals surface area contributed by atoms with Crippen molar-refractivity contribution in [3.05, 3.63) is 41.5 Å². The molecule has 0 aliphatic carbocycles. The van der Waals surface area contributed by atoms with E-state index in [1.165, 1.54) is 4.90 Å². The molecule has 0 radical (unpaired) electrons. The van der Waals surface area contributed by atoms with Gasteiger partial charge in [-0.15, -0.1) is 0 Å². The second kappa shape index (κ2) is 5.73. The van der Waals surface area contributed by atoms with E-state index in [1.54, 1.807) is 18.8 Å². The lowest BCUT2D eigenvalue weighted by Crippen LogP contribution is -2.34. The second-order valence-electron chi connectivity index (χ2n) is 4.88. The summed E-state index contributed by atoms with van der Waals surface area (Å²) in [5.74, 6) is 1.39. The Bertz CT molecular complexity index is 618. The van der Waals surface area contributed by atoms with E-state index in [0.717, 1.165) is 11.3 Å². The van der Waals surface area contributed by atoms with E-state index < -0.39 is 0 Å². The monoisotopic (exact) mass is 273 g/mol. The van der Waals surface area contributed by atoms with E-state index >= 15 is 0 Å². The Morgan fingerprint density at radius 3 is 2.75 bits per heavy atom. The van der Waals surface area contributed by atoms with Crippen LogP contribution in [0, 0.1) is 13.8 Å². The van der Waals surface area contributed by atoms with Crippen molar-refractivity contribution >= 4 is 6.03 Å². The van der Waals surface area contributed by atoms with Crippen LogP contribution in [-0.4, -0.2) is 39.8 Å². The Morgan fingerprint density at radius 2 is 2.10 bits per heavy atom. The highest BCUT2D eigenvalue weighted by Crippen LogP contribution is 2.11. The number of aromatic nitrogens is 3. The molecule has 0 bridgehead atoms. The summed E-state index contributed by atoms with van der Waals surface area (Å²) in [5, 5.41) is 7.19. The van der Waals surface area contributed by atoms with Gasteiger partial charge >= 0.3 is 6.03 Å². The molecule has 1 heterocycles. The van der Waals surface area contributed by atoms with Crippen LogP contribution >= 0.6 is 0 Å². The topological polar surface area (TPSA) is 63.1 Å². The summed E-state index contributed by atoms with van der Waals surface area (Å²) in [6.45, 7) is 4.20. The van der Waals surface area contributed by atoms with Crippen molar-refractivity contribution in [3.8, 4) is 5.69 Å². The van der Waals surface area contributed by atoms with Crippen LogP contribution in [0.3, 0.4) is 0 Å². The molecule has 0 spiro atoms. The highest BCUT2D eigenvalue weighted by Gasteiger charge is 2.11. The maximum absolute atomic E-state index is 11.6. The van der Waals surface area contributed by atoms with Crippen molar-refractivity contribution in [2.24, 2.45) is 0 Å². The summed E-state index contributed by atoms with van der Waals surface area (Å²) in [4.78, 5) is 17.4. The number of aryl methyl sites for hydroxylation is 2. The molecule has 20 heavy (non-hydrogen) atoms. The molecule has 2 aromatic rings. The Hall–Kier alpha value is -2.37. The highest BCUT2D eigenvalue weighted by atomic mass is 16.2. The molecule has 6 nitrogen and oxygen atoms in total. The molecule has 1 aromatic carbocycles. The third-order valence-corrected chi connectivity index (χ3v) is 2.83. The summed E-state index contributed by atoms with van der Waals surface area (Å²) in [5.41, 5.74) is 2.10. The van der Waals surface area contributed by atoms with E-state index in [1.807, 2.05) is 38.1 Å². The Balaban J connectivity index is 2.24. The first-order chi connectivity index (χ1) is 9.47. The average Bonchev–Trinajstić information content (AvgIpc) is 2.77. The van der Waals surface area contributed by atoms with Gasteiger partial charge in [-0.1, -0.05) is 12.1 Å². The Morgan fingerprint density at radius 1 is 1.35 bits per heavy atom. The van der Waals surface area contributed by atoms with Crippen LogP contribution in [0.1, 0.15) is 17.2 Å². The third-order valence-electron chi connectivity index (χ3n) is 2.83. The fourth-order valence-electron chi connectivity index (χ4n) is 1.85. The molecule has 0 unspecified atom stereocenters. The normalized spacial score (nSPS) is 10.4. The van der Waals surface area contributed by atoms with Gasteiger partial charge in [0.25, 0.3) is 0 Å². The molecule has 0 aliphatic heterocycles. The summed E-state index contributed by atoms with van der Waals surface area (Å²) in [7, 11) is 3.40. The van der Waals surface area contributed by atoms with Gasteiger partial charge in [-0.25, -0.2) is 14.5 Å². The van der Waals surface area contributed by atoms with Crippen LogP contribution in [0.5, 0.6) is 0 Å². The number of rotatable bonds is 3. The molecule has 0 aliphatic rings. The van der Waals surface area contributed by atoms with Crippen molar-refractivity contribution in [2.45, 2.75) is 20.4 Å². The standard InChI is InChI=1S/C14H19N5O/c1-10-6-5-7-12(8-10)19-13(16-11(2)17-19)9-15-14(20)18(3)4/h5-8H,9H2,1-4H3,(H,15,20). The smallest absolute Gasteiger partial charge is 0.317 e. The van der Waals surface area contributed by atoms with E-state index in [4.69, 9.17) is 0 Å². The zero-order valence-corrected chi connectivity index (χ0v) is 12.2. The van der Waals surface area contributed by atoms with Crippen molar-refractivity contribution in [1.82, 2.24) is 25.0 Å². The molecule has 0 atom stereocenters. The quantitative estimate of drug-likeness (QED) is 0.925. The number of nitrogens with zero attached hydrogens (tertiary/aromatic N) is 4. The minimum absolute atomic E-state index is 0.151.